The molecular weight excluding hydrogens is 1100 g/mol. The Morgan fingerprint density at radius 3 is 1.15 bits per heavy atom. The van der Waals surface area contributed by atoms with Crippen LogP contribution in [0.3, 0.4) is 0 Å². The molecule has 68 heavy (non-hydrogen) atoms. The minimum atomic E-state index is -5.91. The maximum atomic E-state index is 12.5. The number of fused-ring (bicyclic) bond motifs is 3. The van der Waals surface area contributed by atoms with Crippen molar-refractivity contribution in [2.24, 2.45) is 20.5 Å². The van der Waals surface area contributed by atoms with Crippen molar-refractivity contribution in [3.8, 4) is 23.0 Å². The zero-order chi connectivity index (χ0) is 46.4. The Morgan fingerprint density at radius 1 is 0.353 bits per heavy atom. The van der Waals surface area contributed by atoms with E-state index in [0.29, 0.717) is 48.5 Å². The number of hydrogen-bond acceptors (Lipinski definition) is 26. The standard InChI is InChI=1S/C30H20N4O22S6.6Na/c35-13-5-17-18(22(6-13)60(48,49)50)7-16(59(45,46)47)8-19(17)31-33-27-23(61(51,52)53)3-11-1-14(57(39,40)41)9-20(25(11)29(27)37)32-34-28-24(62(54,55)56)4-12-2-15(58(42,43)44)10-21(36)26(12)30(28)38;;;;;;/h1-10,35-38H,(H,39,40,41)(H,42,43,44)(H,45,46,47)(H,48,49,50)(H,51,52,53)(H,54,55,56);;;;;;/q;6*+1/p-6. The Morgan fingerprint density at radius 2 is 0.721 bits per heavy atom. The van der Waals surface area contributed by atoms with E-state index in [1.807, 2.05) is 0 Å². The first kappa shape index (κ1) is 68.0. The van der Waals surface area contributed by atoms with Crippen molar-refractivity contribution >= 4 is 116 Å². The molecule has 0 fully saturated rings. The predicted molar refractivity (Wildman–Crippen MR) is 195 cm³/mol. The summed E-state index contributed by atoms with van der Waals surface area (Å²) in [5.74, 6) is -5.21. The molecule has 0 bridgehead atoms. The minimum Gasteiger partial charge on any atom is -0.744 e. The molecular formula is C30H14N4Na6O22S6. The summed E-state index contributed by atoms with van der Waals surface area (Å²) in [5.41, 5.74) is -4.93. The molecule has 0 amide bonds. The van der Waals surface area contributed by atoms with Gasteiger partial charge in [0.2, 0.25) is 0 Å². The molecule has 0 unspecified atom stereocenters. The molecule has 0 atom stereocenters. The largest absolute Gasteiger partial charge is 1.00 e. The van der Waals surface area contributed by atoms with Crippen molar-refractivity contribution in [2.45, 2.75) is 29.4 Å². The second-order valence-corrected chi connectivity index (χ2v) is 20.5. The van der Waals surface area contributed by atoms with Gasteiger partial charge in [-0.25, -0.2) is 50.5 Å². The summed E-state index contributed by atoms with van der Waals surface area (Å²) in [6, 6.07) is 3.81. The van der Waals surface area contributed by atoms with E-state index in [2.05, 4.69) is 20.5 Å². The molecule has 0 spiro atoms. The van der Waals surface area contributed by atoms with E-state index in [9.17, 15) is 98.2 Å². The average molecular weight is 1110 g/mol. The molecule has 6 aromatic rings. The molecule has 6 aromatic carbocycles. The van der Waals surface area contributed by atoms with Crippen LogP contribution in [-0.2, 0) is 60.7 Å². The van der Waals surface area contributed by atoms with Crippen molar-refractivity contribution < 1.29 is 276 Å². The van der Waals surface area contributed by atoms with E-state index < -0.39 is 168 Å². The first-order valence-corrected chi connectivity index (χ1v) is 23.9. The number of rotatable bonds is 10. The van der Waals surface area contributed by atoms with Gasteiger partial charge < -0.3 is 47.7 Å². The van der Waals surface area contributed by atoms with Crippen LogP contribution in [0.1, 0.15) is 0 Å². The van der Waals surface area contributed by atoms with Gasteiger partial charge in [-0.1, -0.05) is 0 Å². The summed E-state index contributed by atoms with van der Waals surface area (Å²) in [4.78, 5) is -8.22. The quantitative estimate of drug-likeness (QED) is 0.0562. The van der Waals surface area contributed by atoms with Crippen LogP contribution in [-0.4, -0.2) is 98.2 Å². The normalized spacial score (nSPS) is 12.4. The summed E-state index contributed by atoms with van der Waals surface area (Å²) in [5, 5.41) is 51.9. The van der Waals surface area contributed by atoms with Crippen LogP contribution in [0.4, 0.5) is 22.7 Å². The zero-order valence-corrected chi connectivity index (χ0v) is 52.0. The molecule has 0 aliphatic heterocycles. The van der Waals surface area contributed by atoms with E-state index in [1.54, 1.807) is 0 Å². The molecule has 0 radical (unpaired) electrons. The maximum absolute atomic E-state index is 12.5. The number of azo groups is 2. The summed E-state index contributed by atoms with van der Waals surface area (Å²) in [6.07, 6.45) is 0. The van der Waals surface area contributed by atoms with Gasteiger partial charge in [0.15, 0.2) is 11.5 Å². The first-order valence-electron chi connectivity index (χ1n) is 15.4. The van der Waals surface area contributed by atoms with Gasteiger partial charge in [0, 0.05) is 10.8 Å². The fourth-order valence-corrected chi connectivity index (χ4v) is 9.40. The topological polar surface area (TPSA) is 474 Å². The molecule has 0 aromatic heterocycles. The molecule has 6 rings (SSSR count). The number of phenols is 4. The van der Waals surface area contributed by atoms with Gasteiger partial charge in [0.25, 0.3) is 0 Å². The van der Waals surface area contributed by atoms with E-state index in [1.165, 1.54) is 0 Å². The molecule has 0 aliphatic carbocycles. The van der Waals surface area contributed by atoms with Crippen molar-refractivity contribution in [1.29, 1.82) is 0 Å². The summed E-state index contributed by atoms with van der Waals surface area (Å²) >= 11 is 0. The molecule has 0 aliphatic rings. The van der Waals surface area contributed by atoms with Crippen molar-refractivity contribution in [3.63, 3.8) is 0 Å². The van der Waals surface area contributed by atoms with Crippen LogP contribution in [0, 0.1) is 0 Å². The van der Waals surface area contributed by atoms with Crippen LogP contribution in [0.25, 0.3) is 32.3 Å². The van der Waals surface area contributed by atoms with Crippen molar-refractivity contribution in [2.75, 3.05) is 0 Å². The van der Waals surface area contributed by atoms with Crippen molar-refractivity contribution in [1.82, 2.24) is 0 Å². The van der Waals surface area contributed by atoms with Gasteiger partial charge in [-0.15, -0.1) is 20.5 Å². The van der Waals surface area contributed by atoms with Crippen LogP contribution >= 0.6 is 0 Å². The maximum Gasteiger partial charge on any atom is 1.00 e. The average Bonchev–Trinajstić information content (AvgIpc) is 3.10. The smallest absolute Gasteiger partial charge is 0.744 e. The second kappa shape index (κ2) is 24.1. The molecule has 26 nitrogen and oxygen atoms in total. The van der Waals surface area contributed by atoms with E-state index in [4.69, 9.17) is 0 Å². The summed E-state index contributed by atoms with van der Waals surface area (Å²) in [6.45, 7) is 0. The molecule has 4 N–H and O–H groups in total. The van der Waals surface area contributed by atoms with Crippen LogP contribution in [0.2, 0.25) is 0 Å². The van der Waals surface area contributed by atoms with Gasteiger partial charge >= 0.3 is 177 Å². The third-order valence-electron chi connectivity index (χ3n) is 8.36. The summed E-state index contributed by atoms with van der Waals surface area (Å²) < 4.78 is 217. The monoisotopic (exact) mass is 1110 g/mol. The third kappa shape index (κ3) is 14.6. The number of phenolic OH excluding ortho intramolecular Hbond substituents is 4. The van der Waals surface area contributed by atoms with Gasteiger partial charge in [-0.3, -0.25) is 0 Å². The molecule has 0 saturated carbocycles. The van der Waals surface area contributed by atoms with Gasteiger partial charge in [-0.2, -0.15) is 0 Å². The van der Waals surface area contributed by atoms with Gasteiger partial charge in [0.1, 0.15) is 83.6 Å². The second-order valence-electron chi connectivity index (χ2n) is 12.3. The third-order valence-corrected chi connectivity index (χ3v) is 13.4. The zero-order valence-electron chi connectivity index (χ0n) is 35.1. The number of aromatic hydroxyl groups is 4. The number of hydrogen-bond donors (Lipinski definition) is 4. The molecule has 328 valence electrons. The van der Waals surface area contributed by atoms with Crippen LogP contribution in [0.5, 0.6) is 23.0 Å². The summed E-state index contributed by atoms with van der Waals surface area (Å²) in [7, 11) is -33.8. The fourth-order valence-electron chi connectivity index (χ4n) is 5.83. The Bertz CT molecular complexity index is 3810. The number of benzene rings is 6. The fraction of sp³-hybridized carbons (Fsp3) is 0. The Balaban J connectivity index is 0.00000748. The first-order chi connectivity index (χ1) is 28.2. The van der Waals surface area contributed by atoms with E-state index in [0.717, 1.165) is 0 Å². The Hall–Kier alpha value is -0.0400. The SMILES string of the molecule is O=S(=O)([O-])c1cc(O)c2c(O)c(N=Nc3cc(S(=O)(=O)[O-])cc4cc(S(=O)(=O)[O-])c(N=Nc5cc(S(=O)(=O)[O-])cc6c(S(=O)(=O)[O-])cc(O)cc56)c(O)c34)c(S(=O)(=O)[O-])cc2c1.[Na+].[Na+].[Na+].[Na+].[Na+].[Na+]. The van der Waals surface area contributed by atoms with Crippen molar-refractivity contribution in [3.05, 3.63) is 60.7 Å². The van der Waals surface area contributed by atoms with E-state index in [-0.39, 0.29) is 189 Å². The van der Waals surface area contributed by atoms with Gasteiger partial charge in [-0.05, 0) is 71.4 Å². The molecule has 0 heterocycles. The molecule has 38 heteroatoms. The van der Waals surface area contributed by atoms with Crippen LogP contribution < -0.4 is 177 Å². The van der Waals surface area contributed by atoms with Crippen LogP contribution in [0.15, 0.2) is 110 Å². The van der Waals surface area contributed by atoms with E-state index >= 15 is 0 Å². The van der Waals surface area contributed by atoms with Gasteiger partial charge in [0.05, 0.1) is 51.5 Å². The minimum absolute atomic E-state index is 0. The number of nitrogens with zero attached hydrogens (tertiary/aromatic N) is 4. The predicted octanol–water partition coefficient (Wildman–Crippen LogP) is -15.8. The Kier molecular flexibility index (Phi) is 24.1. The molecule has 0 saturated heterocycles. The Labute approximate surface area is 516 Å².